The molecule has 1 heteroatoms. The molecule has 4 aromatic rings. The normalized spacial score (nSPS) is 15.0. The van der Waals surface area contributed by atoms with Crippen LogP contribution in [0.15, 0.2) is 108 Å². The minimum absolute atomic E-state index is 1.05. The van der Waals surface area contributed by atoms with E-state index in [1.807, 2.05) is 0 Å². The average molecular weight is 469 g/mol. The van der Waals surface area contributed by atoms with Crippen LogP contribution >= 0.6 is 0 Å². The maximum atomic E-state index is 2.46. The van der Waals surface area contributed by atoms with Gasteiger partial charge in [0, 0.05) is 0 Å². The maximum absolute atomic E-state index is 2.59. The zero-order valence-electron chi connectivity index (χ0n) is 21.2. The zero-order valence-corrected chi connectivity index (χ0v) is 22.2. The Morgan fingerprint density at radius 1 is 0.457 bits per heavy atom. The van der Waals surface area contributed by atoms with Crippen molar-refractivity contribution in [1.82, 2.24) is 0 Å². The van der Waals surface area contributed by atoms with E-state index >= 15 is 0 Å². The van der Waals surface area contributed by atoms with Gasteiger partial charge < -0.3 is 0 Å². The molecule has 0 unspecified atom stereocenters. The summed E-state index contributed by atoms with van der Waals surface area (Å²) in [6.07, 6.45) is 2.11. The quantitative estimate of drug-likeness (QED) is 0.264. The molecule has 0 saturated heterocycles. The zero-order chi connectivity index (χ0) is 24.2. The molecular weight excluding hydrogens is 436 g/mol. The fourth-order valence-corrected chi connectivity index (χ4v) is 11.8. The summed E-state index contributed by atoms with van der Waals surface area (Å²) in [7, 11) is -2.59. The largest absolute Gasteiger partial charge is 0.180 e. The highest BCUT2D eigenvalue weighted by molar-refractivity contribution is 7.20. The molecule has 35 heavy (non-hydrogen) atoms. The maximum Gasteiger partial charge on any atom is 0.180 e. The Hall–Kier alpha value is -3.42. The molecule has 172 valence electrons. The van der Waals surface area contributed by atoms with Gasteiger partial charge in [0.15, 0.2) is 8.07 Å². The van der Waals surface area contributed by atoms with Crippen LogP contribution in [-0.2, 0) is 12.8 Å². The number of benzene rings is 4. The van der Waals surface area contributed by atoms with Crippen LogP contribution in [0.2, 0.25) is 0 Å². The van der Waals surface area contributed by atoms with Crippen molar-refractivity contribution in [3.63, 3.8) is 0 Å². The van der Waals surface area contributed by atoms with E-state index in [9.17, 15) is 0 Å². The Morgan fingerprint density at radius 2 is 0.857 bits per heavy atom. The first kappa shape index (κ1) is 22.1. The van der Waals surface area contributed by atoms with Gasteiger partial charge in [0.2, 0.25) is 0 Å². The third-order valence-corrected chi connectivity index (χ3v) is 13.5. The summed E-state index contributed by atoms with van der Waals surface area (Å²) in [4.78, 5) is 0. The van der Waals surface area contributed by atoms with Crippen LogP contribution in [0.4, 0.5) is 0 Å². The Labute approximate surface area is 210 Å². The molecule has 2 aliphatic carbocycles. The lowest BCUT2D eigenvalue weighted by Crippen LogP contribution is -2.76. The van der Waals surface area contributed by atoms with Crippen LogP contribution in [0.25, 0.3) is 11.1 Å². The van der Waals surface area contributed by atoms with Gasteiger partial charge in [-0.2, -0.15) is 0 Å². The molecule has 0 radical (unpaired) electrons. The van der Waals surface area contributed by atoms with Crippen LogP contribution in [0, 0.1) is 0 Å². The molecule has 0 amide bonds. The molecule has 0 spiro atoms. The smallest absolute Gasteiger partial charge is 0.0654 e. The molecule has 2 aliphatic rings. The van der Waals surface area contributed by atoms with Gasteiger partial charge >= 0.3 is 0 Å². The van der Waals surface area contributed by atoms with E-state index in [0.717, 1.165) is 12.8 Å². The highest BCUT2D eigenvalue weighted by Gasteiger charge is 2.45. The lowest BCUT2D eigenvalue weighted by Gasteiger charge is -2.37. The molecule has 0 aromatic heterocycles. The first-order chi connectivity index (χ1) is 17.0. The summed E-state index contributed by atoms with van der Waals surface area (Å²) in [5.41, 5.74) is 11.9. The second-order valence-electron chi connectivity index (χ2n) is 10.3. The van der Waals surface area contributed by atoms with Crippen molar-refractivity contribution in [2.75, 3.05) is 0 Å². The fraction of sp³-hybridized carbons (Fsp3) is 0.176. The van der Waals surface area contributed by atoms with E-state index in [1.54, 1.807) is 21.5 Å². The topological polar surface area (TPSA) is 0 Å². The van der Waals surface area contributed by atoms with Gasteiger partial charge in [-0.25, -0.2) is 0 Å². The van der Waals surface area contributed by atoms with Crippen molar-refractivity contribution < 1.29 is 0 Å². The van der Waals surface area contributed by atoms with Gasteiger partial charge in [-0.05, 0) is 94.7 Å². The molecule has 0 saturated carbocycles. The molecule has 0 heterocycles. The van der Waals surface area contributed by atoms with Gasteiger partial charge in [0.1, 0.15) is 0 Å². The number of rotatable bonds is 4. The van der Waals surface area contributed by atoms with Crippen LogP contribution in [0.1, 0.15) is 49.9 Å². The summed E-state index contributed by atoms with van der Waals surface area (Å²) >= 11 is 0. The minimum atomic E-state index is -2.59. The van der Waals surface area contributed by atoms with E-state index < -0.39 is 8.07 Å². The van der Waals surface area contributed by atoms with Crippen LogP contribution in [-0.4, -0.2) is 8.07 Å². The van der Waals surface area contributed by atoms with E-state index in [1.165, 1.54) is 43.8 Å². The molecule has 0 N–H and O–H groups in total. The summed E-state index contributed by atoms with van der Waals surface area (Å²) in [6, 6.07) is 37.0. The molecule has 0 atom stereocenters. The predicted octanol–water partition coefficient (Wildman–Crippen LogP) is 5.76. The van der Waals surface area contributed by atoms with E-state index in [2.05, 4.69) is 125 Å². The number of hydrogen-bond donors (Lipinski definition) is 0. The summed E-state index contributed by atoms with van der Waals surface area (Å²) in [5, 5.41) is 6.05. The van der Waals surface area contributed by atoms with E-state index in [0.29, 0.717) is 0 Å². The lowest BCUT2D eigenvalue weighted by atomic mass is 10.1. The van der Waals surface area contributed by atoms with Crippen LogP contribution in [0.5, 0.6) is 0 Å². The van der Waals surface area contributed by atoms with Crippen molar-refractivity contribution in [1.29, 1.82) is 0 Å². The standard InChI is InChI=1S/C34H32Si/c1-23-21-31-29(25(23)3)17-11-19-33(31)35(27-13-7-5-8-14-27,28-15-9-6-10-16-28)34-20-12-18-30-26(4)24(2)22-32(30)34/h5-20H,21-22H2,1-4H3. The third-order valence-electron chi connectivity index (χ3n) is 8.55. The Bertz CT molecular complexity index is 1390. The van der Waals surface area contributed by atoms with Gasteiger partial charge in [-0.15, -0.1) is 0 Å². The summed E-state index contributed by atoms with van der Waals surface area (Å²) in [6.45, 7) is 9.22. The monoisotopic (exact) mass is 468 g/mol. The highest BCUT2D eigenvalue weighted by Crippen LogP contribution is 2.35. The Morgan fingerprint density at radius 3 is 1.26 bits per heavy atom. The van der Waals surface area contributed by atoms with Gasteiger partial charge in [-0.1, -0.05) is 108 Å². The first-order valence-corrected chi connectivity index (χ1v) is 14.7. The number of fused-ring (bicyclic) bond motifs is 2. The number of hydrogen-bond acceptors (Lipinski definition) is 0. The number of allylic oxidation sites excluding steroid dienone is 4. The molecule has 0 aliphatic heterocycles. The molecular formula is C34H32Si. The van der Waals surface area contributed by atoms with E-state index in [-0.39, 0.29) is 0 Å². The van der Waals surface area contributed by atoms with Crippen molar-refractivity contribution in [2.24, 2.45) is 0 Å². The average Bonchev–Trinajstić information content (AvgIpc) is 3.36. The Balaban J connectivity index is 1.78. The van der Waals surface area contributed by atoms with Gasteiger partial charge in [-0.3, -0.25) is 0 Å². The molecule has 4 aromatic carbocycles. The van der Waals surface area contributed by atoms with Crippen LogP contribution in [0.3, 0.4) is 0 Å². The van der Waals surface area contributed by atoms with E-state index in [4.69, 9.17) is 0 Å². The first-order valence-electron chi connectivity index (χ1n) is 12.7. The SMILES string of the molecule is CC1=C(C)c2cccc([Si](c3ccccc3)(c3ccccc3)c3cccc4c3CC(C)=C4C)c2C1. The van der Waals surface area contributed by atoms with Crippen LogP contribution < -0.4 is 20.7 Å². The summed E-state index contributed by atoms with van der Waals surface area (Å²) in [5.74, 6) is 0. The minimum Gasteiger partial charge on any atom is -0.0654 e. The van der Waals surface area contributed by atoms with Crippen molar-refractivity contribution in [3.8, 4) is 0 Å². The fourth-order valence-electron chi connectivity index (χ4n) is 6.53. The second kappa shape index (κ2) is 8.36. The predicted molar refractivity (Wildman–Crippen MR) is 154 cm³/mol. The van der Waals surface area contributed by atoms with Crippen molar-refractivity contribution in [2.45, 2.75) is 40.5 Å². The molecule has 0 nitrogen and oxygen atoms in total. The molecule has 0 bridgehead atoms. The lowest BCUT2D eigenvalue weighted by molar-refractivity contribution is 1.20. The van der Waals surface area contributed by atoms with Gasteiger partial charge in [0.25, 0.3) is 0 Å². The van der Waals surface area contributed by atoms with Crippen molar-refractivity contribution in [3.05, 3.63) is 130 Å². The molecule has 0 fully saturated rings. The third kappa shape index (κ3) is 3.18. The highest BCUT2D eigenvalue weighted by atomic mass is 28.3. The Kier molecular flexibility index (Phi) is 5.27. The van der Waals surface area contributed by atoms with Crippen molar-refractivity contribution >= 4 is 40.0 Å². The van der Waals surface area contributed by atoms with Gasteiger partial charge in [0.05, 0.1) is 0 Å². The second-order valence-corrected chi connectivity index (χ2v) is 14.0. The molecule has 6 rings (SSSR count). The summed E-state index contributed by atoms with van der Waals surface area (Å²) < 4.78 is 0.